The van der Waals surface area contributed by atoms with Gasteiger partial charge in [-0.15, -0.1) is 0 Å². The van der Waals surface area contributed by atoms with Gasteiger partial charge in [-0.2, -0.15) is 0 Å². The van der Waals surface area contributed by atoms with Crippen molar-refractivity contribution in [3.8, 4) is 0 Å². The molecule has 1 aliphatic rings. The van der Waals surface area contributed by atoms with Crippen LogP contribution in [0.3, 0.4) is 0 Å². The van der Waals surface area contributed by atoms with Crippen LogP contribution in [0.15, 0.2) is 24.3 Å². The number of rotatable bonds is 11. The van der Waals surface area contributed by atoms with Crippen molar-refractivity contribution < 1.29 is 9.47 Å². The Hall–Kier alpha value is -0.860. The van der Waals surface area contributed by atoms with Crippen molar-refractivity contribution in [2.24, 2.45) is 5.92 Å². The van der Waals surface area contributed by atoms with E-state index in [-0.39, 0.29) is 6.29 Å². The minimum Gasteiger partial charge on any atom is -0.352 e. The van der Waals surface area contributed by atoms with E-state index in [1.807, 2.05) is 0 Å². The number of hydrogen-bond acceptors (Lipinski definition) is 2. The van der Waals surface area contributed by atoms with Crippen molar-refractivity contribution in [2.75, 3.05) is 13.2 Å². The molecule has 0 unspecified atom stereocenters. The van der Waals surface area contributed by atoms with Gasteiger partial charge >= 0.3 is 0 Å². The molecule has 1 saturated heterocycles. The molecule has 0 saturated carbocycles. The van der Waals surface area contributed by atoms with Gasteiger partial charge in [0.15, 0.2) is 6.29 Å². The molecule has 1 fully saturated rings. The highest BCUT2D eigenvalue weighted by Gasteiger charge is 2.20. The largest absolute Gasteiger partial charge is 0.352 e. The Morgan fingerprint density at radius 3 is 2.00 bits per heavy atom. The monoisotopic (exact) mass is 332 g/mol. The number of aryl methyl sites for hydroxylation is 2. The summed E-state index contributed by atoms with van der Waals surface area (Å²) >= 11 is 0. The van der Waals surface area contributed by atoms with Crippen LogP contribution in [0.2, 0.25) is 0 Å². The maximum absolute atomic E-state index is 5.80. The maximum atomic E-state index is 5.80. The van der Waals surface area contributed by atoms with E-state index < -0.39 is 0 Å². The molecule has 0 aliphatic carbocycles. The summed E-state index contributed by atoms with van der Waals surface area (Å²) in [4.78, 5) is 0. The zero-order valence-corrected chi connectivity index (χ0v) is 15.8. The summed E-state index contributed by atoms with van der Waals surface area (Å²) in [5.74, 6) is 0.595. The zero-order valence-electron chi connectivity index (χ0n) is 15.8. The third-order valence-corrected chi connectivity index (χ3v) is 5.04. The molecule has 1 heterocycles. The predicted octanol–water partition coefficient (Wildman–Crippen LogP) is 5.92. The lowest BCUT2D eigenvalue weighted by Gasteiger charge is -2.29. The molecule has 1 aromatic carbocycles. The van der Waals surface area contributed by atoms with Crippen LogP contribution in [0.25, 0.3) is 0 Å². The van der Waals surface area contributed by atoms with E-state index in [1.165, 1.54) is 51.4 Å². The van der Waals surface area contributed by atoms with Gasteiger partial charge in [0.1, 0.15) is 0 Å². The Morgan fingerprint density at radius 1 is 0.792 bits per heavy atom. The van der Waals surface area contributed by atoms with Crippen molar-refractivity contribution in [2.45, 2.75) is 84.3 Å². The molecule has 0 spiro atoms. The standard InChI is InChI=1S/C22H36O2/c1-3-5-6-13-20-15-9-10-16-21(20)14-8-7-12-19-17-23-22(11-4-2)24-18-19/h9-10,15-16,19,22H,3-8,11-14,17-18H2,1-2H3. The van der Waals surface area contributed by atoms with Gasteiger partial charge in [-0.3, -0.25) is 0 Å². The van der Waals surface area contributed by atoms with Gasteiger partial charge in [-0.25, -0.2) is 0 Å². The smallest absolute Gasteiger partial charge is 0.157 e. The molecule has 24 heavy (non-hydrogen) atoms. The van der Waals surface area contributed by atoms with Gasteiger partial charge in [0.25, 0.3) is 0 Å². The molecular weight excluding hydrogens is 296 g/mol. The Bertz CT molecular complexity index is 435. The van der Waals surface area contributed by atoms with Crippen LogP contribution in [0.4, 0.5) is 0 Å². The Morgan fingerprint density at radius 2 is 1.42 bits per heavy atom. The predicted molar refractivity (Wildman–Crippen MR) is 101 cm³/mol. The first kappa shape index (κ1) is 19.5. The average molecular weight is 333 g/mol. The summed E-state index contributed by atoms with van der Waals surface area (Å²) < 4.78 is 11.6. The molecular formula is C22H36O2. The van der Waals surface area contributed by atoms with Crippen molar-refractivity contribution >= 4 is 0 Å². The molecule has 2 heteroatoms. The van der Waals surface area contributed by atoms with Gasteiger partial charge in [0, 0.05) is 5.92 Å². The Kier molecular flexibility index (Phi) is 9.45. The second-order valence-electron chi connectivity index (χ2n) is 7.22. The number of benzene rings is 1. The fourth-order valence-corrected chi connectivity index (χ4v) is 3.51. The van der Waals surface area contributed by atoms with E-state index in [0.717, 1.165) is 26.1 Å². The molecule has 1 aliphatic heterocycles. The van der Waals surface area contributed by atoms with Crippen LogP contribution < -0.4 is 0 Å². The van der Waals surface area contributed by atoms with Crippen LogP contribution >= 0.6 is 0 Å². The molecule has 136 valence electrons. The van der Waals surface area contributed by atoms with Crippen LogP contribution in [-0.4, -0.2) is 19.5 Å². The lowest BCUT2D eigenvalue weighted by Crippen LogP contribution is -2.31. The van der Waals surface area contributed by atoms with E-state index in [4.69, 9.17) is 9.47 Å². The summed E-state index contributed by atoms with van der Waals surface area (Å²) in [5.41, 5.74) is 3.13. The normalized spacial score (nSPS) is 21.1. The summed E-state index contributed by atoms with van der Waals surface area (Å²) in [7, 11) is 0. The summed E-state index contributed by atoms with van der Waals surface area (Å²) in [6.45, 7) is 6.23. The highest BCUT2D eigenvalue weighted by Crippen LogP contribution is 2.21. The van der Waals surface area contributed by atoms with Crippen molar-refractivity contribution in [1.29, 1.82) is 0 Å². The Balaban J connectivity index is 1.64. The van der Waals surface area contributed by atoms with Gasteiger partial charge in [0.2, 0.25) is 0 Å². The van der Waals surface area contributed by atoms with Gasteiger partial charge < -0.3 is 9.47 Å². The van der Waals surface area contributed by atoms with Gasteiger partial charge in [-0.1, -0.05) is 63.8 Å². The number of hydrogen-bond donors (Lipinski definition) is 0. The fraction of sp³-hybridized carbons (Fsp3) is 0.727. The number of unbranched alkanes of at least 4 members (excludes halogenated alkanes) is 3. The molecule has 0 radical (unpaired) electrons. The summed E-state index contributed by atoms with van der Waals surface area (Å²) in [6.07, 6.45) is 12.4. The Labute approximate surface area is 148 Å². The fourth-order valence-electron chi connectivity index (χ4n) is 3.51. The first-order chi connectivity index (χ1) is 11.8. The second-order valence-corrected chi connectivity index (χ2v) is 7.22. The second kappa shape index (κ2) is 11.7. The average Bonchev–Trinajstić information content (AvgIpc) is 2.62. The molecule has 0 atom stereocenters. The quantitative estimate of drug-likeness (QED) is 0.468. The van der Waals surface area contributed by atoms with E-state index in [9.17, 15) is 0 Å². The summed E-state index contributed by atoms with van der Waals surface area (Å²) in [6, 6.07) is 9.02. The highest BCUT2D eigenvalue weighted by molar-refractivity contribution is 5.27. The molecule has 0 N–H and O–H groups in total. The van der Waals surface area contributed by atoms with E-state index in [2.05, 4.69) is 38.1 Å². The molecule has 1 aromatic rings. The van der Waals surface area contributed by atoms with Crippen LogP contribution in [-0.2, 0) is 22.3 Å². The first-order valence-corrected chi connectivity index (χ1v) is 10.1. The van der Waals surface area contributed by atoms with Crippen LogP contribution in [0.1, 0.15) is 76.3 Å². The van der Waals surface area contributed by atoms with E-state index >= 15 is 0 Å². The topological polar surface area (TPSA) is 18.5 Å². The molecule has 0 bridgehead atoms. The lowest BCUT2D eigenvalue weighted by atomic mass is 9.95. The van der Waals surface area contributed by atoms with Crippen LogP contribution in [0, 0.1) is 5.92 Å². The third-order valence-electron chi connectivity index (χ3n) is 5.04. The van der Waals surface area contributed by atoms with Crippen molar-refractivity contribution in [3.63, 3.8) is 0 Å². The van der Waals surface area contributed by atoms with Gasteiger partial charge in [-0.05, 0) is 49.7 Å². The highest BCUT2D eigenvalue weighted by atomic mass is 16.7. The third kappa shape index (κ3) is 6.94. The van der Waals surface area contributed by atoms with Crippen molar-refractivity contribution in [3.05, 3.63) is 35.4 Å². The molecule has 2 rings (SSSR count). The first-order valence-electron chi connectivity index (χ1n) is 10.1. The molecule has 2 nitrogen and oxygen atoms in total. The lowest BCUT2D eigenvalue weighted by molar-refractivity contribution is -0.203. The van der Waals surface area contributed by atoms with Crippen LogP contribution in [0.5, 0.6) is 0 Å². The van der Waals surface area contributed by atoms with E-state index in [0.29, 0.717) is 5.92 Å². The number of ether oxygens (including phenoxy) is 2. The van der Waals surface area contributed by atoms with Crippen molar-refractivity contribution in [1.82, 2.24) is 0 Å². The van der Waals surface area contributed by atoms with Gasteiger partial charge in [0.05, 0.1) is 13.2 Å². The SMILES string of the molecule is CCCCCc1ccccc1CCCCC1COC(CCC)OC1. The summed E-state index contributed by atoms with van der Waals surface area (Å²) in [5, 5.41) is 0. The maximum Gasteiger partial charge on any atom is 0.157 e. The molecule has 0 aromatic heterocycles. The van der Waals surface area contributed by atoms with E-state index in [1.54, 1.807) is 11.1 Å². The zero-order chi connectivity index (χ0) is 17.0. The minimum absolute atomic E-state index is 0.0567. The minimum atomic E-state index is 0.0567. The molecule has 0 amide bonds.